The van der Waals surface area contributed by atoms with Gasteiger partial charge in [0.25, 0.3) is 11.8 Å². The van der Waals surface area contributed by atoms with E-state index < -0.39 is 5.91 Å². The molecule has 0 atom stereocenters. The summed E-state index contributed by atoms with van der Waals surface area (Å²) in [6.07, 6.45) is 1.49. The molecule has 0 aromatic heterocycles. The first kappa shape index (κ1) is 16.9. The highest BCUT2D eigenvalue weighted by molar-refractivity contribution is 9.10. The van der Waals surface area contributed by atoms with E-state index in [1.807, 2.05) is 6.07 Å². The Labute approximate surface area is 141 Å². The highest BCUT2D eigenvalue weighted by Crippen LogP contribution is 2.15. The summed E-state index contributed by atoms with van der Waals surface area (Å²) in [5, 5.41) is 12.5. The van der Waals surface area contributed by atoms with Crippen molar-refractivity contribution in [2.75, 3.05) is 0 Å². The van der Waals surface area contributed by atoms with Gasteiger partial charge in [0, 0.05) is 10.0 Å². The van der Waals surface area contributed by atoms with Crippen LogP contribution in [-0.4, -0.2) is 23.2 Å². The molecule has 0 aliphatic carbocycles. The summed E-state index contributed by atoms with van der Waals surface area (Å²) < 4.78 is 0.684. The van der Waals surface area contributed by atoms with Gasteiger partial charge in [-0.2, -0.15) is 5.10 Å². The third-order valence-corrected chi connectivity index (χ3v) is 3.81. The van der Waals surface area contributed by atoms with E-state index in [1.165, 1.54) is 6.21 Å². The maximum absolute atomic E-state index is 12.0. The lowest BCUT2D eigenvalue weighted by Crippen LogP contribution is -2.19. The normalized spacial score (nSPS) is 10.6. The number of nitrogens with zero attached hydrogens (tertiary/aromatic N) is 1. The summed E-state index contributed by atoms with van der Waals surface area (Å²) in [5.74, 6) is -0.915. The SMILES string of the molecule is Cc1cc(C(=O)NO)ccc1C=NNC(=O)c1ccccc1Br. The van der Waals surface area contributed by atoms with Gasteiger partial charge in [-0.15, -0.1) is 0 Å². The van der Waals surface area contributed by atoms with Crippen molar-refractivity contribution in [1.29, 1.82) is 0 Å². The monoisotopic (exact) mass is 375 g/mol. The molecule has 2 aromatic rings. The fourth-order valence-electron chi connectivity index (χ4n) is 1.89. The number of hydroxylamine groups is 1. The molecule has 23 heavy (non-hydrogen) atoms. The molecule has 2 rings (SSSR count). The first-order valence-electron chi connectivity index (χ1n) is 6.66. The van der Waals surface area contributed by atoms with Crippen molar-refractivity contribution in [1.82, 2.24) is 10.9 Å². The molecule has 6 nitrogen and oxygen atoms in total. The average Bonchev–Trinajstić information content (AvgIpc) is 2.55. The number of hydrogen-bond acceptors (Lipinski definition) is 4. The molecule has 3 N–H and O–H groups in total. The van der Waals surface area contributed by atoms with Crippen molar-refractivity contribution in [3.8, 4) is 0 Å². The zero-order valence-corrected chi connectivity index (χ0v) is 13.8. The second kappa shape index (κ2) is 7.66. The van der Waals surface area contributed by atoms with Crippen LogP contribution >= 0.6 is 15.9 Å². The van der Waals surface area contributed by atoms with Gasteiger partial charge in [-0.05, 0) is 58.2 Å². The average molecular weight is 376 g/mol. The van der Waals surface area contributed by atoms with Crippen LogP contribution in [-0.2, 0) is 0 Å². The number of benzene rings is 2. The van der Waals surface area contributed by atoms with E-state index in [0.717, 1.165) is 11.1 Å². The summed E-state index contributed by atoms with van der Waals surface area (Å²) >= 11 is 3.30. The van der Waals surface area contributed by atoms with Crippen LogP contribution in [0.2, 0.25) is 0 Å². The van der Waals surface area contributed by atoms with Crippen LogP contribution in [0.15, 0.2) is 52.0 Å². The van der Waals surface area contributed by atoms with E-state index in [-0.39, 0.29) is 5.91 Å². The molecule has 0 saturated carbocycles. The van der Waals surface area contributed by atoms with Crippen LogP contribution in [0.3, 0.4) is 0 Å². The Kier molecular flexibility index (Phi) is 5.61. The van der Waals surface area contributed by atoms with Gasteiger partial charge in [-0.1, -0.05) is 18.2 Å². The fourth-order valence-corrected chi connectivity index (χ4v) is 2.36. The van der Waals surface area contributed by atoms with E-state index >= 15 is 0 Å². The molecule has 0 aliphatic rings. The topological polar surface area (TPSA) is 90.8 Å². The number of carbonyl (C=O) groups excluding carboxylic acids is 2. The summed E-state index contributed by atoms with van der Waals surface area (Å²) in [4.78, 5) is 23.3. The molecular formula is C16H14BrN3O3. The lowest BCUT2D eigenvalue weighted by atomic mass is 10.1. The highest BCUT2D eigenvalue weighted by Gasteiger charge is 2.08. The summed E-state index contributed by atoms with van der Waals surface area (Å²) in [6, 6.07) is 11.9. The van der Waals surface area contributed by atoms with E-state index in [2.05, 4.69) is 26.5 Å². The van der Waals surface area contributed by atoms with Crippen LogP contribution in [0.4, 0.5) is 0 Å². The Morgan fingerprint density at radius 3 is 2.57 bits per heavy atom. The Bertz CT molecular complexity index is 775. The number of nitrogens with one attached hydrogen (secondary N) is 2. The number of halogens is 1. The highest BCUT2D eigenvalue weighted by atomic mass is 79.9. The molecule has 2 amide bonds. The Morgan fingerprint density at radius 2 is 1.91 bits per heavy atom. The molecule has 2 aromatic carbocycles. The van der Waals surface area contributed by atoms with Crippen LogP contribution in [0.5, 0.6) is 0 Å². The van der Waals surface area contributed by atoms with Crippen molar-refractivity contribution in [3.05, 3.63) is 69.2 Å². The molecule has 0 aliphatic heterocycles. The van der Waals surface area contributed by atoms with Gasteiger partial charge < -0.3 is 0 Å². The second-order valence-corrected chi connectivity index (χ2v) is 5.55. The van der Waals surface area contributed by atoms with Gasteiger partial charge in [0.1, 0.15) is 0 Å². The largest absolute Gasteiger partial charge is 0.288 e. The van der Waals surface area contributed by atoms with Crippen LogP contribution in [0.1, 0.15) is 31.8 Å². The first-order valence-corrected chi connectivity index (χ1v) is 7.45. The number of carbonyl (C=O) groups is 2. The molecule has 0 spiro atoms. The minimum Gasteiger partial charge on any atom is -0.288 e. The molecule has 7 heteroatoms. The zero-order chi connectivity index (χ0) is 16.8. The quantitative estimate of drug-likeness (QED) is 0.435. The predicted octanol–water partition coefficient (Wildman–Crippen LogP) is 2.64. The Hall–Kier alpha value is -2.51. The Morgan fingerprint density at radius 1 is 1.17 bits per heavy atom. The molecule has 0 unspecified atom stereocenters. The second-order valence-electron chi connectivity index (χ2n) is 4.69. The van der Waals surface area contributed by atoms with Gasteiger partial charge in [0.2, 0.25) is 0 Å². The lowest BCUT2D eigenvalue weighted by molar-refractivity contribution is 0.0706. The minimum absolute atomic E-state index is 0.331. The Balaban J connectivity index is 2.08. The summed E-state index contributed by atoms with van der Waals surface area (Å²) in [5.41, 5.74) is 6.36. The van der Waals surface area contributed by atoms with Crippen LogP contribution < -0.4 is 10.9 Å². The standard InChI is InChI=1S/C16H14BrN3O3/c1-10-8-11(15(21)20-23)6-7-12(10)9-18-19-16(22)13-4-2-3-5-14(13)17/h2-9,23H,1H3,(H,19,22)(H,20,21). The maximum atomic E-state index is 12.0. The predicted molar refractivity (Wildman–Crippen MR) is 89.6 cm³/mol. The van der Waals surface area contributed by atoms with Crippen molar-refractivity contribution < 1.29 is 14.8 Å². The fraction of sp³-hybridized carbons (Fsp3) is 0.0625. The van der Waals surface area contributed by atoms with Crippen molar-refractivity contribution in [2.45, 2.75) is 6.92 Å². The molecule has 118 valence electrons. The van der Waals surface area contributed by atoms with Crippen molar-refractivity contribution in [2.24, 2.45) is 5.10 Å². The first-order chi connectivity index (χ1) is 11.0. The maximum Gasteiger partial charge on any atom is 0.274 e. The van der Waals surface area contributed by atoms with Gasteiger partial charge in [0.15, 0.2) is 0 Å². The molecular weight excluding hydrogens is 362 g/mol. The van der Waals surface area contributed by atoms with E-state index in [1.54, 1.807) is 48.8 Å². The van der Waals surface area contributed by atoms with Gasteiger partial charge in [-0.3, -0.25) is 14.8 Å². The molecule has 0 saturated heterocycles. The van der Waals surface area contributed by atoms with E-state index in [9.17, 15) is 9.59 Å². The molecule has 0 radical (unpaired) electrons. The number of aryl methyl sites for hydroxylation is 1. The third kappa shape index (κ3) is 4.24. The van der Waals surface area contributed by atoms with Gasteiger partial charge in [0.05, 0.1) is 11.8 Å². The van der Waals surface area contributed by atoms with Crippen LogP contribution in [0.25, 0.3) is 0 Å². The van der Waals surface area contributed by atoms with Gasteiger partial charge >= 0.3 is 0 Å². The molecule has 0 heterocycles. The van der Waals surface area contributed by atoms with Crippen LogP contribution in [0, 0.1) is 6.92 Å². The summed E-state index contributed by atoms with van der Waals surface area (Å²) in [6.45, 7) is 1.80. The summed E-state index contributed by atoms with van der Waals surface area (Å²) in [7, 11) is 0. The number of rotatable bonds is 4. The van der Waals surface area contributed by atoms with E-state index in [0.29, 0.717) is 15.6 Å². The van der Waals surface area contributed by atoms with Crippen molar-refractivity contribution in [3.63, 3.8) is 0 Å². The lowest BCUT2D eigenvalue weighted by Gasteiger charge is -2.04. The molecule has 0 fully saturated rings. The molecule has 0 bridgehead atoms. The van der Waals surface area contributed by atoms with Crippen molar-refractivity contribution >= 4 is 34.0 Å². The van der Waals surface area contributed by atoms with E-state index in [4.69, 9.17) is 5.21 Å². The van der Waals surface area contributed by atoms with Gasteiger partial charge in [-0.25, -0.2) is 10.9 Å². The number of hydrazone groups is 1. The number of hydrogen-bond donors (Lipinski definition) is 3. The number of amides is 2. The minimum atomic E-state index is -0.584. The third-order valence-electron chi connectivity index (χ3n) is 3.12. The smallest absolute Gasteiger partial charge is 0.274 e. The zero-order valence-electron chi connectivity index (χ0n) is 12.2.